The fourth-order valence-electron chi connectivity index (χ4n) is 5.42. The van der Waals surface area contributed by atoms with Gasteiger partial charge in [0.2, 0.25) is 11.8 Å². The number of aliphatic hydroxyl groups excluding tert-OH is 1. The lowest BCUT2D eigenvalue weighted by atomic mass is 9.85. The molecule has 1 aromatic carbocycles. The van der Waals surface area contributed by atoms with Gasteiger partial charge in [0.25, 0.3) is 0 Å². The zero-order chi connectivity index (χ0) is 26.5. The van der Waals surface area contributed by atoms with Crippen LogP contribution in [0.2, 0.25) is 10.0 Å². The third-order valence-corrected chi connectivity index (χ3v) is 8.25. The van der Waals surface area contributed by atoms with E-state index in [0.717, 1.165) is 37.2 Å². The SMILES string of the molecule is CC(C)(C)C(C(=O)N1C[C@H](O)C[C@H]1C(=O)NC1CCN(c2ccc(Cl)c(Cl)c2)C1)n1cc(C2CC2)nn1. The van der Waals surface area contributed by atoms with E-state index in [1.54, 1.807) is 10.7 Å². The number of hydrogen-bond acceptors (Lipinski definition) is 6. The van der Waals surface area contributed by atoms with Crippen molar-refractivity contribution in [2.75, 3.05) is 24.5 Å². The first-order valence-electron chi connectivity index (χ1n) is 12.9. The van der Waals surface area contributed by atoms with Gasteiger partial charge in [0.1, 0.15) is 12.1 Å². The highest BCUT2D eigenvalue weighted by atomic mass is 35.5. The summed E-state index contributed by atoms with van der Waals surface area (Å²) >= 11 is 12.2. The van der Waals surface area contributed by atoms with Crippen molar-refractivity contribution in [2.45, 2.75) is 76.6 Å². The van der Waals surface area contributed by atoms with Crippen LogP contribution in [0.5, 0.6) is 0 Å². The topological polar surface area (TPSA) is 104 Å². The van der Waals surface area contributed by atoms with Gasteiger partial charge in [0, 0.05) is 49.9 Å². The Bertz CT molecular complexity index is 1180. The third kappa shape index (κ3) is 5.59. The van der Waals surface area contributed by atoms with Crippen LogP contribution in [0.3, 0.4) is 0 Å². The summed E-state index contributed by atoms with van der Waals surface area (Å²) in [5.41, 5.74) is 1.39. The summed E-state index contributed by atoms with van der Waals surface area (Å²) in [4.78, 5) is 31.0. The van der Waals surface area contributed by atoms with Crippen molar-refractivity contribution in [1.82, 2.24) is 25.2 Å². The zero-order valence-corrected chi connectivity index (χ0v) is 22.9. The van der Waals surface area contributed by atoms with Gasteiger partial charge < -0.3 is 20.2 Å². The van der Waals surface area contributed by atoms with Crippen LogP contribution < -0.4 is 10.2 Å². The highest BCUT2D eigenvalue weighted by molar-refractivity contribution is 6.42. The van der Waals surface area contributed by atoms with Crippen molar-refractivity contribution in [3.8, 4) is 0 Å². The van der Waals surface area contributed by atoms with Crippen LogP contribution in [0, 0.1) is 5.41 Å². The Hall–Kier alpha value is -2.36. The van der Waals surface area contributed by atoms with Gasteiger partial charge in [-0.1, -0.05) is 49.2 Å². The summed E-state index contributed by atoms with van der Waals surface area (Å²) in [6.07, 6.45) is 4.27. The predicted octanol–water partition coefficient (Wildman–Crippen LogP) is 3.41. The molecule has 200 valence electrons. The fraction of sp³-hybridized carbons (Fsp3) is 0.615. The molecule has 37 heavy (non-hydrogen) atoms. The molecule has 2 amide bonds. The molecule has 0 spiro atoms. The normalized spacial score (nSPS) is 25.0. The number of nitrogens with one attached hydrogen (secondary N) is 1. The Morgan fingerprint density at radius 3 is 2.57 bits per heavy atom. The quantitative estimate of drug-likeness (QED) is 0.573. The van der Waals surface area contributed by atoms with Gasteiger partial charge in [0.15, 0.2) is 0 Å². The number of aliphatic hydroxyl groups is 1. The van der Waals surface area contributed by atoms with Gasteiger partial charge in [-0.15, -0.1) is 5.10 Å². The van der Waals surface area contributed by atoms with Crippen LogP contribution in [-0.4, -0.2) is 74.6 Å². The first-order valence-corrected chi connectivity index (χ1v) is 13.7. The fourth-order valence-corrected chi connectivity index (χ4v) is 5.71. The highest BCUT2D eigenvalue weighted by Crippen LogP contribution is 2.40. The number of amides is 2. The molecule has 1 aromatic heterocycles. The van der Waals surface area contributed by atoms with E-state index in [9.17, 15) is 14.7 Å². The molecular formula is C26H34Cl2N6O3. The molecule has 9 nitrogen and oxygen atoms in total. The van der Waals surface area contributed by atoms with Crippen molar-refractivity contribution in [2.24, 2.45) is 5.41 Å². The Labute approximate surface area is 227 Å². The van der Waals surface area contributed by atoms with Crippen LogP contribution >= 0.6 is 23.2 Å². The minimum atomic E-state index is -0.755. The van der Waals surface area contributed by atoms with Crippen LogP contribution in [0.1, 0.15) is 64.1 Å². The number of halogens is 2. The van der Waals surface area contributed by atoms with Crippen LogP contribution in [0.25, 0.3) is 0 Å². The summed E-state index contributed by atoms with van der Waals surface area (Å²) in [5, 5.41) is 23.2. The lowest BCUT2D eigenvalue weighted by Gasteiger charge is -2.34. The minimum absolute atomic E-state index is 0.0773. The number of carbonyl (C=O) groups is 2. The number of hydrogen-bond donors (Lipinski definition) is 2. The Morgan fingerprint density at radius 2 is 1.89 bits per heavy atom. The molecular weight excluding hydrogens is 515 g/mol. The lowest BCUT2D eigenvalue weighted by molar-refractivity contribution is -0.144. The number of carbonyl (C=O) groups excluding carboxylic acids is 2. The first kappa shape index (κ1) is 26.3. The van der Waals surface area contributed by atoms with E-state index in [-0.39, 0.29) is 30.8 Å². The monoisotopic (exact) mass is 548 g/mol. The summed E-state index contributed by atoms with van der Waals surface area (Å²) in [7, 11) is 0. The number of β-amino-alcohol motifs (C(OH)–C–C–N with tert-alkyl or cyclic N) is 1. The molecule has 0 bridgehead atoms. The Kier molecular flexibility index (Phi) is 7.15. The van der Waals surface area contributed by atoms with Gasteiger partial charge >= 0.3 is 0 Å². The zero-order valence-electron chi connectivity index (χ0n) is 21.4. The van der Waals surface area contributed by atoms with Crippen LogP contribution in [-0.2, 0) is 9.59 Å². The van der Waals surface area contributed by atoms with Gasteiger partial charge in [-0.05, 0) is 42.9 Å². The van der Waals surface area contributed by atoms with E-state index < -0.39 is 23.6 Å². The van der Waals surface area contributed by atoms with E-state index in [2.05, 4.69) is 20.5 Å². The summed E-state index contributed by atoms with van der Waals surface area (Å²) in [6, 6.07) is 4.06. The van der Waals surface area contributed by atoms with E-state index in [1.807, 2.05) is 39.1 Å². The molecule has 11 heteroatoms. The second-order valence-electron chi connectivity index (χ2n) is 11.6. The molecule has 5 rings (SSSR count). The number of rotatable bonds is 6. The van der Waals surface area contributed by atoms with Crippen LogP contribution in [0.15, 0.2) is 24.4 Å². The predicted molar refractivity (Wildman–Crippen MR) is 142 cm³/mol. The van der Waals surface area contributed by atoms with E-state index in [1.165, 1.54) is 4.90 Å². The first-order chi connectivity index (χ1) is 17.5. The smallest absolute Gasteiger partial charge is 0.248 e. The summed E-state index contributed by atoms with van der Waals surface area (Å²) < 4.78 is 1.64. The number of nitrogens with zero attached hydrogens (tertiary/aromatic N) is 5. The second kappa shape index (κ2) is 10.1. The molecule has 4 atom stereocenters. The molecule has 2 N–H and O–H groups in total. The number of anilines is 1. The average Bonchev–Trinajstić information content (AvgIpc) is 3.20. The summed E-state index contributed by atoms with van der Waals surface area (Å²) in [6.45, 7) is 7.44. The number of likely N-dealkylation sites (tertiary alicyclic amines) is 1. The largest absolute Gasteiger partial charge is 0.391 e. The molecule has 3 heterocycles. The standard InChI is InChI=1S/C26H34Cl2N6O3/c1-26(2,3)23(34-14-21(30-31-34)15-4-5-15)25(37)33-13-18(35)11-22(33)24(36)29-16-8-9-32(12-16)17-6-7-19(27)20(28)10-17/h6-7,10,14-16,18,22-23,35H,4-5,8-9,11-13H2,1-3H3,(H,29,36)/t16?,18-,22+,23?/m1/s1. The molecule has 0 radical (unpaired) electrons. The van der Waals surface area contributed by atoms with Crippen molar-refractivity contribution in [3.05, 3.63) is 40.1 Å². The molecule has 1 aliphatic carbocycles. The molecule has 2 unspecified atom stereocenters. The molecule has 3 aliphatic rings. The molecule has 2 aromatic rings. The lowest BCUT2D eigenvalue weighted by Crippen LogP contribution is -2.52. The van der Waals surface area contributed by atoms with E-state index in [0.29, 0.717) is 22.5 Å². The molecule has 3 fully saturated rings. The minimum Gasteiger partial charge on any atom is -0.391 e. The van der Waals surface area contributed by atoms with E-state index in [4.69, 9.17) is 23.2 Å². The maximum absolute atomic E-state index is 13.9. The average molecular weight is 550 g/mol. The van der Waals surface area contributed by atoms with Gasteiger partial charge in [-0.3, -0.25) is 9.59 Å². The second-order valence-corrected chi connectivity index (χ2v) is 12.4. The van der Waals surface area contributed by atoms with Crippen molar-refractivity contribution >= 4 is 40.7 Å². The molecule has 1 saturated carbocycles. The van der Waals surface area contributed by atoms with Gasteiger partial charge in [0.05, 0.1) is 21.8 Å². The van der Waals surface area contributed by atoms with Crippen molar-refractivity contribution in [1.29, 1.82) is 0 Å². The van der Waals surface area contributed by atoms with Crippen molar-refractivity contribution in [3.63, 3.8) is 0 Å². The number of aromatic nitrogens is 3. The highest BCUT2D eigenvalue weighted by Gasteiger charge is 2.46. The van der Waals surface area contributed by atoms with E-state index >= 15 is 0 Å². The van der Waals surface area contributed by atoms with Gasteiger partial charge in [-0.2, -0.15) is 0 Å². The molecule has 2 saturated heterocycles. The maximum Gasteiger partial charge on any atom is 0.248 e. The van der Waals surface area contributed by atoms with Crippen LogP contribution in [0.4, 0.5) is 5.69 Å². The third-order valence-electron chi connectivity index (χ3n) is 7.51. The molecule has 2 aliphatic heterocycles. The van der Waals surface area contributed by atoms with Gasteiger partial charge in [-0.25, -0.2) is 4.68 Å². The number of benzene rings is 1. The maximum atomic E-state index is 13.9. The summed E-state index contributed by atoms with van der Waals surface area (Å²) in [5.74, 6) is -0.0393. The Balaban J connectivity index is 1.28. The van der Waals surface area contributed by atoms with Crippen molar-refractivity contribution < 1.29 is 14.7 Å². The Morgan fingerprint density at radius 1 is 1.14 bits per heavy atom.